The Balaban J connectivity index is 1.74. The topological polar surface area (TPSA) is 9.72 Å². The summed E-state index contributed by atoms with van der Waals surface area (Å²) in [6, 6.07) is 7.28. The summed E-state index contributed by atoms with van der Waals surface area (Å²) >= 11 is 0. The zero-order valence-corrected chi connectivity index (χ0v) is 14.7. The van der Waals surface area contributed by atoms with E-state index in [1.165, 1.54) is 38.2 Å². The van der Waals surface area contributed by atoms with Crippen LogP contribution < -0.4 is 4.90 Å². The average molecular weight is 301 g/mol. The van der Waals surface area contributed by atoms with Crippen LogP contribution in [0.4, 0.5) is 5.69 Å². The van der Waals surface area contributed by atoms with Gasteiger partial charge in [0.25, 0.3) is 0 Å². The van der Waals surface area contributed by atoms with Crippen LogP contribution in [0.3, 0.4) is 0 Å². The maximum Gasteiger partial charge on any atom is 0.0370 e. The first-order valence-electron chi connectivity index (χ1n) is 8.76. The Labute approximate surface area is 135 Å². The summed E-state index contributed by atoms with van der Waals surface area (Å²) in [6.45, 7) is 8.27. The molecular formula is C19H31N3. The van der Waals surface area contributed by atoms with E-state index >= 15 is 0 Å². The smallest absolute Gasteiger partial charge is 0.0370 e. The quantitative estimate of drug-likeness (QED) is 0.846. The lowest BCUT2D eigenvalue weighted by molar-refractivity contribution is 0.313. The van der Waals surface area contributed by atoms with Gasteiger partial charge in [0.15, 0.2) is 0 Å². The summed E-state index contributed by atoms with van der Waals surface area (Å²) in [5.41, 5.74) is 4.67. The summed E-state index contributed by atoms with van der Waals surface area (Å²) < 4.78 is 0. The summed E-state index contributed by atoms with van der Waals surface area (Å²) in [5, 5.41) is 0. The fourth-order valence-electron chi connectivity index (χ4n) is 3.99. The molecule has 0 bridgehead atoms. The molecule has 1 aliphatic heterocycles. The first kappa shape index (κ1) is 15.8. The molecule has 1 aromatic carbocycles. The molecule has 0 spiro atoms. The molecule has 122 valence electrons. The number of hydrogen-bond donors (Lipinski definition) is 0. The Bertz CT molecular complexity index is 503. The van der Waals surface area contributed by atoms with E-state index in [9.17, 15) is 0 Å². The third kappa shape index (κ3) is 3.31. The van der Waals surface area contributed by atoms with Gasteiger partial charge in [0.2, 0.25) is 0 Å². The molecule has 2 atom stereocenters. The van der Waals surface area contributed by atoms with Gasteiger partial charge in [0, 0.05) is 31.9 Å². The van der Waals surface area contributed by atoms with Crippen molar-refractivity contribution in [1.82, 2.24) is 9.80 Å². The number of anilines is 1. The lowest BCUT2D eigenvalue weighted by atomic mass is 9.97. The maximum absolute atomic E-state index is 2.56. The Hall–Kier alpha value is -1.06. The molecule has 1 heterocycles. The molecule has 1 fully saturated rings. The number of fused-ring (bicyclic) bond motifs is 1. The van der Waals surface area contributed by atoms with Crippen molar-refractivity contribution in [1.29, 1.82) is 0 Å². The van der Waals surface area contributed by atoms with E-state index in [-0.39, 0.29) is 0 Å². The zero-order valence-electron chi connectivity index (χ0n) is 14.7. The van der Waals surface area contributed by atoms with Crippen molar-refractivity contribution in [2.24, 2.45) is 0 Å². The molecule has 3 nitrogen and oxygen atoms in total. The largest absolute Gasteiger partial charge is 0.369 e. The van der Waals surface area contributed by atoms with Crippen LogP contribution in [-0.2, 0) is 0 Å². The Morgan fingerprint density at radius 1 is 1.09 bits per heavy atom. The predicted octanol–water partition coefficient (Wildman–Crippen LogP) is 2.98. The van der Waals surface area contributed by atoms with Gasteiger partial charge in [0.1, 0.15) is 0 Å². The van der Waals surface area contributed by atoms with Crippen molar-refractivity contribution in [2.45, 2.75) is 31.6 Å². The van der Waals surface area contributed by atoms with E-state index < -0.39 is 0 Å². The number of likely N-dealkylation sites (N-methyl/N-ethyl adjacent to an activating group) is 1. The first-order valence-corrected chi connectivity index (χ1v) is 8.76. The standard InChI is InChI=1S/C19H31N3/c1-15-13-16(7-8-20(2)3)18-6-5-17(14-19(15)18)22-11-9-21(4)10-12-22/h5-6,14-16H,7-13H2,1-4H3. The molecule has 22 heavy (non-hydrogen) atoms. The number of rotatable bonds is 4. The number of nitrogens with zero attached hydrogens (tertiary/aromatic N) is 3. The van der Waals surface area contributed by atoms with Crippen molar-refractivity contribution < 1.29 is 0 Å². The van der Waals surface area contributed by atoms with Crippen LogP contribution in [0, 0.1) is 0 Å². The van der Waals surface area contributed by atoms with E-state index in [0.29, 0.717) is 0 Å². The Morgan fingerprint density at radius 2 is 1.82 bits per heavy atom. The number of piperazine rings is 1. The third-order valence-corrected chi connectivity index (χ3v) is 5.47. The van der Waals surface area contributed by atoms with E-state index in [1.54, 1.807) is 11.1 Å². The Morgan fingerprint density at radius 3 is 2.50 bits per heavy atom. The highest BCUT2D eigenvalue weighted by Gasteiger charge is 2.28. The second kappa shape index (κ2) is 6.59. The summed E-state index contributed by atoms with van der Waals surface area (Å²) in [6.07, 6.45) is 2.62. The van der Waals surface area contributed by atoms with E-state index in [2.05, 4.69) is 61.0 Å². The molecule has 0 amide bonds. The number of hydrogen-bond acceptors (Lipinski definition) is 3. The highest BCUT2D eigenvalue weighted by atomic mass is 15.2. The minimum atomic E-state index is 0.717. The summed E-state index contributed by atoms with van der Waals surface area (Å²) in [7, 11) is 6.57. The average Bonchev–Trinajstić information content (AvgIpc) is 2.82. The van der Waals surface area contributed by atoms with Gasteiger partial charge >= 0.3 is 0 Å². The molecular weight excluding hydrogens is 270 g/mol. The van der Waals surface area contributed by atoms with Gasteiger partial charge in [-0.05, 0) is 75.6 Å². The normalized spacial score (nSPS) is 25.8. The first-order chi connectivity index (χ1) is 10.5. The van der Waals surface area contributed by atoms with Gasteiger partial charge in [-0.25, -0.2) is 0 Å². The number of benzene rings is 1. The zero-order chi connectivity index (χ0) is 15.7. The maximum atomic E-state index is 2.56. The molecule has 3 rings (SSSR count). The highest BCUT2D eigenvalue weighted by molar-refractivity contribution is 5.54. The van der Waals surface area contributed by atoms with Crippen molar-refractivity contribution in [3.8, 4) is 0 Å². The minimum absolute atomic E-state index is 0.717. The molecule has 2 aliphatic rings. The minimum Gasteiger partial charge on any atom is -0.369 e. The van der Waals surface area contributed by atoms with Crippen LogP contribution in [0.25, 0.3) is 0 Å². The van der Waals surface area contributed by atoms with Crippen LogP contribution in [0.5, 0.6) is 0 Å². The van der Waals surface area contributed by atoms with Crippen LogP contribution in [0.1, 0.15) is 42.7 Å². The fourth-order valence-corrected chi connectivity index (χ4v) is 3.99. The molecule has 0 N–H and O–H groups in total. The third-order valence-electron chi connectivity index (χ3n) is 5.47. The second-order valence-corrected chi connectivity index (χ2v) is 7.53. The highest BCUT2D eigenvalue weighted by Crippen LogP contribution is 2.44. The SMILES string of the molecule is CC1CC(CCN(C)C)c2ccc(N3CCN(C)CC3)cc21. The molecule has 3 heteroatoms. The molecule has 1 aliphatic carbocycles. The van der Waals surface area contributed by atoms with Gasteiger partial charge in [-0.1, -0.05) is 13.0 Å². The molecule has 1 saturated heterocycles. The van der Waals surface area contributed by atoms with Crippen LogP contribution >= 0.6 is 0 Å². The van der Waals surface area contributed by atoms with E-state index in [1.807, 2.05) is 0 Å². The summed E-state index contributed by atoms with van der Waals surface area (Å²) in [5.74, 6) is 1.48. The fraction of sp³-hybridized carbons (Fsp3) is 0.684. The summed E-state index contributed by atoms with van der Waals surface area (Å²) in [4.78, 5) is 7.28. The molecule has 0 saturated carbocycles. The van der Waals surface area contributed by atoms with Gasteiger partial charge in [-0.3, -0.25) is 0 Å². The lowest BCUT2D eigenvalue weighted by Gasteiger charge is -2.34. The van der Waals surface area contributed by atoms with E-state index in [4.69, 9.17) is 0 Å². The van der Waals surface area contributed by atoms with Crippen molar-refractivity contribution in [2.75, 3.05) is 58.8 Å². The van der Waals surface area contributed by atoms with Gasteiger partial charge in [-0.2, -0.15) is 0 Å². The van der Waals surface area contributed by atoms with E-state index in [0.717, 1.165) is 24.9 Å². The molecule has 0 aromatic heterocycles. The van der Waals surface area contributed by atoms with Crippen LogP contribution in [0.2, 0.25) is 0 Å². The van der Waals surface area contributed by atoms with Crippen molar-refractivity contribution in [3.63, 3.8) is 0 Å². The van der Waals surface area contributed by atoms with Gasteiger partial charge in [-0.15, -0.1) is 0 Å². The second-order valence-electron chi connectivity index (χ2n) is 7.53. The molecule has 0 radical (unpaired) electrons. The lowest BCUT2D eigenvalue weighted by Crippen LogP contribution is -2.44. The van der Waals surface area contributed by atoms with Crippen LogP contribution in [-0.4, -0.2) is 63.7 Å². The molecule has 1 aromatic rings. The monoisotopic (exact) mass is 301 g/mol. The van der Waals surface area contributed by atoms with Gasteiger partial charge < -0.3 is 14.7 Å². The Kier molecular flexibility index (Phi) is 4.74. The molecule has 2 unspecified atom stereocenters. The van der Waals surface area contributed by atoms with Crippen molar-refractivity contribution in [3.05, 3.63) is 29.3 Å². The van der Waals surface area contributed by atoms with Crippen LogP contribution in [0.15, 0.2) is 18.2 Å². The van der Waals surface area contributed by atoms with Crippen molar-refractivity contribution >= 4 is 5.69 Å². The predicted molar refractivity (Wildman–Crippen MR) is 95.1 cm³/mol. The van der Waals surface area contributed by atoms with Gasteiger partial charge in [0.05, 0.1) is 0 Å².